The maximum atomic E-state index is 13.4. The Morgan fingerprint density at radius 3 is 2.72 bits per heavy atom. The van der Waals surface area contributed by atoms with Crippen LogP contribution in [0, 0.1) is 29.1 Å². The van der Waals surface area contributed by atoms with Crippen molar-refractivity contribution in [3.8, 4) is 6.07 Å². The third kappa shape index (κ3) is 4.22. The highest BCUT2D eigenvalue weighted by Gasteiger charge is 2.48. The van der Waals surface area contributed by atoms with Gasteiger partial charge in [0, 0.05) is 38.3 Å². The number of amides is 1. The van der Waals surface area contributed by atoms with Crippen LogP contribution in [-0.4, -0.2) is 66.3 Å². The summed E-state index contributed by atoms with van der Waals surface area (Å²) in [6.45, 7) is 2.21. The molecule has 1 amide bonds. The van der Waals surface area contributed by atoms with Gasteiger partial charge in [-0.05, 0) is 25.2 Å². The molecule has 0 aromatic carbocycles. The quantitative estimate of drug-likeness (QED) is 0.526. The summed E-state index contributed by atoms with van der Waals surface area (Å²) in [5, 5.41) is 11.3. The van der Waals surface area contributed by atoms with Crippen LogP contribution >= 0.6 is 0 Å². The number of carbonyl (C=O) groups is 1. The minimum absolute atomic E-state index is 0.0426. The van der Waals surface area contributed by atoms with Gasteiger partial charge in [0.05, 0.1) is 18.0 Å². The highest BCUT2D eigenvalue weighted by Crippen LogP contribution is 2.42. The van der Waals surface area contributed by atoms with E-state index in [9.17, 15) is 23.2 Å². The van der Waals surface area contributed by atoms with Gasteiger partial charge in [0.2, 0.25) is 0 Å². The van der Waals surface area contributed by atoms with Gasteiger partial charge < -0.3 is 0 Å². The van der Waals surface area contributed by atoms with E-state index in [1.807, 2.05) is 5.01 Å². The molecule has 4 N–H and O–H groups in total. The van der Waals surface area contributed by atoms with Crippen LogP contribution in [0.2, 0.25) is 0 Å². The smallest absolute Gasteiger partial charge is 0.295 e. The minimum Gasteiger partial charge on any atom is -0.295 e. The number of alkyl halides is 3. The van der Waals surface area contributed by atoms with Gasteiger partial charge in [0.25, 0.3) is 5.91 Å². The fourth-order valence-corrected chi connectivity index (χ4v) is 5.42. The zero-order valence-corrected chi connectivity index (χ0v) is 16.2. The van der Waals surface area contributed by atoms with Crippen LogP contribution in [0.25, 0.3) is 0 Å². The lowest BCUT2D eigenvalue weighted by Crippen LogP contribution is -2.64. The van der Waals surface area contributed by atoms with Gasteiger partial charge >= 0.3 is 6.18 Å². The first kappa shape index (κ1) is 20.8. The molecule has 4 aliphatic rings. The molecule has 0 spiro atoms. The molecule has 8 nitrogen and oxygen atoms in total. The number of hydrazine groups is 3. The van der Waals surface area contributed by atoms with E-state index >= 15 is 0 Å². The van der Waals surface area contributed by atoms with Crippen molar-refractivity contribution >= 4 is 5.91 Å². The van der Waals surface area contributed by atoms with Crippen LogP contribution in [0.3, 0.4) is 0 Å². The first-order chi connectivity index (χ1) is 13.9. The van der Waals surface area contributed by atoms with E-state index in [4.69, 9.17) is 0 Å². The highest BCUT2D eigenvalue weighted by atomic mass is 19.4. The molecule has 6 atom stereocenters. The number of hydrogen-bond acceptors (Lipinski definition) is 7. The summed E-state index contributed by atoms with van der Waals surface area (Å²) in [4.78, 5) is 14.1. The zero-order chi connectivity index (χ0) is 20.6. The second-order valence-corrected chi connectivity index (χ2v) is 8.60. The number of halogens is 3. The molecular weight excluding hydrogens is 387 g/mol. The van der Waals surface area contributed by atoms with E-state index < -0.39 is 18.0 Å². The summed E-state index contributed by atoms with van der Waals surface area (Å²) < 4.78 is 40.3. The van der Waals surface area contributed by atoms with Gasteiger partial charge in [-0.3, -0.25) is 15.1 Å². The van der Waals surface area contributed by atoms with Crippen molar-refractivity contribution in [3.63, 3.8) is 0 Å². The third-order valence-electron chi connectivity index (χ3n) is 6.96. The minimum atomic E-state index is -4.14. The molecule has 0 radical (unpaired) electrons. The zero-order valence-electron chi connectivity index (χ0n) is 16.2. The molecular formula is C18H28F3N7O. The van der Waals surface area contributed by atoms with Crippen LogP contribution in [0.4, 0.5) is 13.2 Å². The number of nitriles is 1. The van der Waals surface area contributed by atoms with Crippen LogP contribution in [-0.2, 0) is 4.79 Å². The summed E-state index contributed by atoms with van der Waals surface area (Å²) >= 11 is 0. The topological polar surface area (TPSA) is 95.5 Å². The molecule has 11 heteroatoms. The summed E-state index contributed by atoms with van der Waals surface area (Å²) in [5.41, 5.74) is 11.7. The summed E-state index contributed by atoms with van der Waals surface area (Å²) in [6, 6.07) is 2.03. The van der Waals surface area contributed by atoms with Gasteiger partial charge in [0.15, 0.2) is 0 Å². The number of piperidine rings is 1. The molecule has 1 aliphatic carbocycles. The summed E-state index contributed by atoms with van der Waals surface area (Å²) in [5.74, 6) is -2.65. The lowest BCUT2D eigenvalue weighted by molar-refractivity contribution is -0.199. The number of rotatable bonds is 3. The molecule has 3 aliphatic heterocycles. The SMILES string of the molecule is N#CC1C(=O)NNCC1N1CCC2C(C1)NNN2CC1CCCCC1C(F)(F)F. The maximum absolute atomic E-state index is 13.4. The number of nitrogens with one attached hydrogen (secondary N) is 4. The molecule has 3 saturated heterocycles. The molecule has 4 fully saturated rings. The number of likely N-dealkylation sites (tertiary alicyclic amines) is 1. The van der Waals surface area contributed by atoms with Crippen molar-refractivity contribution < 1.29 is 18.0 Å². The van der Waals surface area contributed by atoms with Crippen LogP contribution in [0.15, 0.2) is 0 Å². The second kappa shape index (κ2) is 8.35. The molecule has 4 rings (SSSR count). The molecule has 162 valence electrons. The molecule has 0 aromatic rings. The average molecular weight is 415 g/mol. The monoisotopic (exact) mass is 415 g/mol. The Morgan fingerprint density at radius 2 is 1.97 bits per heavy atom. The first-order valence-corrected chi connectivity index (χ1v) is 10.4. The van der Waals surface area contributed by atoms with Gasteiger partial charge in [0.1, 0.15) is 5.92 Å². The largest absolute Gasteiger partial charge is 0.392 e. The van der Waals surface area contributed by atoms with Crippen molar-refractivity contribution in [2.24, 2.45) is 17.8 Å². The Kier molecular flexibility index (Phi) is 5.99. The molecule has 29 heavy (non-hydrogen) atoms. The summed E-state index contributed by atoms with van der Waals surface area (Å²) in [7, 11) is 0. The van der Waals surface area contributed by atoms with Crippen LogP contribution in [0.1, 0.15) is 32.1 Å². The van der Waals surface area contributed by atoms with Gasteiger partial charge in [-0.25, -0.2) is 15.9 Å². The van der Waals surface area contributed by atoms with Gasteiger partial charge in [-0.2, -0.15) is 24.0 Å². The van der Waals surface area contributed by atoms with E-state index in [-0.39, 0.29) is 36.4 Å². The Bertz CT molecular complexity index is 654. The molecule has 0 bridgehead atoms. The Balaban J connectivity index is 1.37. The number of nitrogens with zero attached hydrogens (tertiary/aromatic N) is 3. The lowest BCUT2D eigenvalue weighted by atomic mass is 9.78. The van der Waals surface area contributed by atoms with E-state index in [2.05, 4.69) is 32.8 Å². The van der Waals surface area contributed by atoms with Crippen molar-refractivity contribution in [1.82, 2.24) is 31.7 Å². The molecule has 3 heterocycles. The fourth-order valence-electron chi connectivity index (χ4n) is 5.42. The molecule has 0 aromatic heterocycles. The maximum Gasteiger partial charge on any atom is 0.392 e. The number of carbonyl (C=O) groups excluding carboxylic acids is 1. The standard InChI is InChI=1S/C18H28F3N7O/c19-18(20,21)13-4-2-1-3-11(13)9-28-15-5-6-27(10-14(15)24-26-28)16-8-23-25-17(29)12(16)7-22/h11-16,23-24,26H,1-6,8-10H2,(H,25,29). The normalized spacial score (nSPS) is 39.6. The van der Waals surface area contributed by atoms with E-state index in [0.29, 0.717) is 39.0 Å². The van der Waals surface area contributed by atoms with Crippen LogP contribution in [0.5, 0.6) is 0 Å². The van der Waals surface area contributed by atoms with E-state index in [1.54, 1.807) is 0 Å². The molecule has 1 saturated carbocycles. The Hall–Kier alpha value is -1.45. The number of hydrogen-bond donors (Lipinski definition) is 4. The Morgan fingerprint density at radius 1 is 1.17 bits per heavy atom. The van der Waals surface area contributed by atoms with Crippen molar-refractivity contribution in [3.05, 3.63) is 0 Å². The third-order valence-corrected chi connectivity index (χ3v) is 6.96. The molecule has 6 unspecified atom stereocenters. The fraction of sp³-hybridized carbons (Fsp3) is 0.889. The number of fused-ring (bicyclic) bond motifs is 1. The second-order valence-electron chi connectivity index (χ2n) is 8.60. The lowest BCUT2D eigenvalue weighted by Gasteiger charge is -2.43. The van der Waals surface area contributed by atoms with E-state index in [0.717, 1.165) is 12.8 Å². The van der Waals surface area contributed by atoms with Crippen LogP contribution < -0.4 is 21.8 Å². The van der Waals surface area contributed by atoms with Gasteiger partial charge in [-0.1, -0.05) is 12.8 Å². The van der Waals surface area contributed by atoms with Crippen molar-refractivity contribution in [1.29, 1.82) is 5.26 Å². The highest BCUT2D eigenvalue weighted by molar-refractivity contribution is 5.82. The first-order valence-electron chi connectivity index (χ1n) is 10.4. The van der Waals surface area contributed by atoms with Crippen molar-refractivity contribution in [2.45, 2.75) is 56.4 Å². The van der Waals surface area contributed by atoms with Crippen molar-refractivity contribution in [2.75, 3.05) is 26.2 Å². The van der Waals surface area contributed by atoms with E-state index in [1.165, 1.54) is 0 Å². The summed E-state index contributed by atoms with van der Waals surface area (Å²) in [6.07, 6.45) is -1.03. The predicted octanol–water partition coefficient (Wildman–Crippen LogP) is 0.266. The van der Waals surface area contributed by atoms with Gasteiger partial charge in [-0.15, -0.1) is 0 Å². The Labute approximate surface area is 168 Å². The predicted molar refractivity (Wildman–Crippen MR) is 97.3 cm³/mol. The average Bonchev–Trinajstić information content (AvgIpc) is 3.09.